The molecule has 6 atom stereocenters. The molecule has 2 aliphatic carbocycles. The standard InChI is InChI=1S/C25H24Cl2N2O8/c1-28-22(35)24(26)10-15-12(4-5-13-18(15)21(34)29(20(13)33)8-7-17(31)32)19(25(24,27)23(28)36)14-9-11(37-2)3-6-16(14)30/h3-4,6,9,13,15,18-19,30H,5,7-8,10H2,1-2H3,(H,31,32)/t13-,15+,18-,19+,24+,25-/m0/s1. The molecule has 1 aromatic carbocycles. The molecule has 2 aliphatic heterocycles. The predicted octanol–water partition coefficient (Wildman–Crippen LogP) is 1.86. The number of carbonyl (C=O) groups is 5. The van der Waals surface area contributed by atoms with Crippen molar-refractivity contribution in [3.05, 3.63) is 35.4 Å². The van der Waals surface area contributed by atoms with Gasteiger partial charge in [-0.25, -0.2) is 0 Å². The molecule has 1 aromatic rings. The highest BCUT2D eigenvalue weighted by molar-refractivity contribution is 6.53. The van der Waals surface area contributed by atoms with E-state index >= 15 is 0 Å². The number of phenols is 1. The normalized spacial score (nSPS) is 34.8. The second kappa shape index (κ2) is 8.46. The number of phenolic OH excluding ortho intramolecular Hbond substituents is 1. The molecule has 12 heteroatoms. The first-order valence-corrected chi connectivity index (χ1v) is 12.5. The van der Waals surface area contributed by atoms with Crippen LogP contribution in [0.1, 0.15) is 30.7 Å². The lowest BCUT2D eigenvalue weighted by molar-refractivity contribution is -0.143. The Hall–Kier alpha value is -3.11. The van der Waals surface area contributed by atoms with Crippen LogP contribution in [-0.2, 0) is 24.0 Å². The summed E-state index contributed by atoms with van der Waals surface area (Å²) < 4.78 is 5.31. The molecule has 0 radical (unpaired) electrons. The Kier molecular flexibility index (Phi) is 5.84. The number of aromatic hydroxyl groups is 1. The average molecular weight is 551 g/mol. The molecular weight excluding hydrogens is 527 g/mol. The van der Waals surface area contributed by atoms with Crippen LogP contribution in [0.3, 0.4) is 0 Å². The van der Waals surface area contributed by atoms with Crippen LogP contribution in [0.15, 0.2) is 29.8 Å². The maximum Gasteiger partial charge on any atom is 0.305 e. The summed E-state index contributed by atoms with van der Waals surface area (Å²) in [5.41, 5.74) is 0.721. The van der Waals surface area contributed by atoms with Gasteiger partial charge >= 0.3 is 5.97 Å². The van der Waals surface area contributed by atoms with Crippen molar-refractivity contribution in [3.8, 4) is 11.5 Å². The zero-order valence-corrected chi connectivity index (χ0v) is 21.5. The van der Waals surface area contributed by atoms with Crippen molar-refractivity contribution >= 4 is 52.8 Å². The molecule has 3 fully saturated rings. The van der Waals surface area contributed by atoms with E-state index in [4.69, 9.17) is 33.0 Å². The van der Waals surface area contributed by atoms with Crippen molar-refractivity contribution < 1.29 is 38.9 Å². The Morgan fingerprint density at radius 1 is 1.14 bits per heavy atom. The number of carbonyl (C=O) groups excluding carboxylic acids is 4. The highest BCUT2D eigenvalue weighted by Crippen LogP contribution is 2.66. The van der Waals surface area contributed by atoms with Gasteiger partial charge in [-0.05, 0) is 37.0 Å². The van der Waals surface area contributed by atoms with Crippen LogP contribution >= 0.6 is 23.2 Å². The van der Waals surface area contributed by atoms with E-state index in [1.807, 2.05) is 0 Å². The van der Waals surface area contributed by atoms with Crippen molar-refractivity contribution in [3.63, 3.8) is 0 Å². The lowest BCUT2D eigenvalue weighted by Crippen LogP contribution is -2.60. The van der Waals surface area contributed by atoms with Crippen molar-refractivity contribution in [1.82, 2.24) is 9.80 Å². The van der Waals surface area contributed by atoms with Crippen molar-refractivity contribution in [2.75, 3.05) is 20.7 Å². The maximum atomic E-state index is 13.5. The first-order chi connectivity index (χ1) is 17.4. The van der Waals surface area contributed by atoms with Gasteiger partial charge in [0.15, 0.2) is 9.75 Å². The van der Waals surface area contributed by atoms with Crippen LogP contribution in [0.4, 0.5) is 0 Å². The molecule has 1 saturated carbocycles. The van der Waals surface area contributed by atoms with E-state index in [9.17, 15) is 29.1 Å². The molecule has 10 nitrogen and oxygen atoms in total. The number of ether oxygens (including phenoxy) is 1. The van der Waals surface area contributed by atoms with E-state index in [0.29, 0.717) is 11.3 Å². The molecule has 0 aromatic heterocycles. The number of benzene rings is 1. The minimum Gasteiger partial charge on any atom is -0.508 e. The average Bonchev–Trinajstić information content (AvgIpc) is 3.18. The number of fused-ring (bicyclic) bond motifs is 4. The van der Waals surface area contributed by atoms with Crippen LogP contribution in [0, 0.1) is 17.8 Å². The van der Waals surface area contributed by atoms with Gasteiger partial charge in [-0.3, -0.25) is 33.8 Å². The van der Waals surface area contributed by atoms with Gasteiger partial charge in [-0.1, -0.05) is 11.6 Å². The number of hydrogen-bond acceptors (Lipinski definition) is 7. The summed E-state index contributed by atoms with van der Waals surface area (Å²) in [6.45, 7) is -0.270. The number of likely N-dealkylation sites (tertiary alicyclic amines) is 2. The molecule has 37 heavy (non-hydrogen) atoms. The number of methoxy groups -OCH3 is 1. The Bertz CT molecular complexity index is 1300. The maximum absolute atomic E-state index is 13.5. The van der Waals surface area contributed by atoms with Gasteiger partial charge in [0.2, 0.25) is 11.8 Å². The quantitative estimate of drug-likeness (QED) is 0.321. The fraction of sp³-hybridized carbons (Fsp3) is 0.480. The minimum atomic E-state index is -2.02. The third kappa shape index (κ3) is 3.28. The zero-order chi connectivity index (χ0) is 27.0. The van der Waals surface area contributed by atoms with Gasteiger partial charge in [0.1, 0.15) is 11.5 Å². The van der Waals surface area contributed by atoms with Gasteiger partial charge in [0, 0.05) is 25.1 Å². The van der Waals surface area contributed by atoms with Crippen LogP contribution in [-0.4, -0.2) is 80.1 Å². The van der Waals surface area contributed by atoms with Crippen LogP contribution in [0.25, 0.3) is 0 Å². The summed E-state index contributed by atoms with van der Waals surface area (Å²) in [7, 11) is 2.71. The van der Waals surface area contributed by atoms with Crippen molar-refractivity contribution in [1.29, 1.82) is 0 Å². The molecule has 0 bridgehead atoms. The zero-order valence-electron chi connectivity index (χ0n) is 19.9. The van der Waals surface area contributed by atoms with E-state index < -0.39 is 69.4 Å². The SMILES string of the molecule is COc1ccc(O)c([C@H]2C3=CC[C@@H]4C(=O)N(CCC(=O)O)C(=O)[C@@H]4[C@@H]3C[C@@]3(Cl)C(=O)N(C)C(=O)[C@@]23Cl)c1. The Morgan fingerprint density at radius 2 is 1.84 bits per heavy atom. The van der Waals surface area contributed by atoms with Crippen molar-refractivity contribution in [2.24, 2.45) is 17.8 Å². The third-order valence-corrected chi connectivity index (χ3v) is 9.61. The van der Waals surface area contributed by atoms with Gasteiger partial charge in [-0.2, -0.15) is 0 Å². The number of hydrogen-bond donors (Lipinski definition) is 2. The number of rotatable bonds is 5. The summed E-state index contributed by atoms with van der Waals surface area (Å²) in [5, 5.41) is 19.9. The van der Waals surface area contributed by atoms with Gasteiger partial charge in [-0.15, -0.1) is 23.2 Å². The Labute approximate surface area is 221 Å². The monoisotopic (exact) mass is 550 g/mol. The van der Waals surface area contributed by atoms with E-state index in [-0.39, 0.29) is 30.7 Å². The fourth-order valence-electron chi connectivity index (χ4n) is 6.47. The fourth-order valence-corrected chi connectivity index (χ4v) is 7.48. The number of carboxylic acid groups (broad SMARTS) is 1. The van der Waals surface area contributed by atoms with E-state index in [1.54, 1.807) is 6.08 Å². The molecule has 0 unspecified atom stereocenters. The summed E-state index contributed by atoms with van der Waals surface area (Å²) >= 11 is 14.1. The van der Waals surface area contributed by atoms with Crippen LogP contribution in [0.2, 0.25) is 0 Å². The topological polar surface area (TPSA) is 142 Å². The third-order valence-electron chi connectivity index (χ3n) is 8.20. The van der Waals surface area contributed by atoms with Gasteiger partial charge in [0.25, 0.3) is 11.8 Å². The second-order valence-electron chi connectivity index (χ2n) is 9.89. The van der Waals surface area contributed by atoms with Crippen LogP contribution in [0.5, 0.6) is 11.5 Å². The lowest BCUT2D eigenvalue weighted by Gasteiger charge is -2.50. The van der Waals surface area contributed by atoms with Crippen molar-refractivity contribution in [2.45, 2.75) is 34.9 Å². The highest BCUT2D eigenvalue weighted by Gasteiger charge is 2.76. The molecule has 2 N–H and O–H groups in total. The number of amides is 4. The van der Waals surface area contributed by atoms with E-state index in [1.165, 1.54) is 32.4 Å². The summed E-state index contributed by atoms with van der Waals surface area (Å²) in [6.07, 6.45) is 1.29. The second-order valence-corrected chi connectivity index (χ2v) is 11.1. The molecule has 5 rings (SSSR count). The Morgan fingerprint density at radius 3 is 2.49 bits per heavy atom. The molecule has 2 heterocycles. The minimum absolute atomic E-state index is 0.145. The molecule has 2 saturated heterocycles. The number of halogens is 2. The number of carboxylic acids is 1. The summed E-state index contributed by atoms with van der Waals surface area (Å²) in [5.74, 6) is -7.04. The number of aliphatic carboxylic acids is 1. The predicted molar refractivity (Wildman–Crippen MR) is 129 cm³/mol. The number of allylic oxidation sites excluding steroid dienone is 2. The highest BCUT2D eigenvalue weighted by atomic mass is 35.5. The molecule has 4 aliphatic rings. The van der Waals surface area contributed by atoms with E-state index in [0.717, 1.165) is 9.80 Å². The van der Waals surface area contributed by atoms with E-state index in [2.05, 4.69) is 0 Å². The largest absolute Gasteiger partial charge is 0.508 e. The molecule has 196 valence electrons. The lowest BCUT2D eigenvalue weighted by atomic mass is 9.56. The van der Waals surface area contributed by atoms with Gasteiger partial charge in [0.05, 0.1) is 25.4 Å². The van der Waals surface area contributed by atoms with Crippen LogP contribution < -0.4 is 4.74 Å². The first-order valence-electron chi connectivity index (χ1n) is 11.7. The number of nitrogens with zero attached hydrogens (tertiary/aromatic N) is 2. The first kappa shape index (κ1) is 25.5. The molecule has 4 amide bonds. The molecule has 0 spiro atoms. The molecular formula is C25H24Cl2N2O8. The summed E-state index contributed by atoms with van der Waals surface area (Å²) in [4.78, 5) is 62.4. The summed E-state index contributed by atoms with van der Waals surface area (Å²) in [6, 6.07) is 4.41. The number of alkyl halides is 2. The number of imide groups is 2. The smallest absolute Gasteiger partial charge is 0.305 e. The Balaban J connectivity index is 1.68. The van der Waals surface area contributed by atoms with Gasteiger partial charge < -0.3 is 14.9 Å².